The first-order valence-corrected chi connectivity index (χ1v) is 6.55. The maximum atomic E-state index is 10.0. The Balaban J connectivity index is 2.55. The topological polar surface area (TPSA) is 29.5 Å². The number of aliphatic hydroxyl groups excluding tert-OH is 1. The lowest BCUT2D eigenvalue weighted by atomic mass is 9.67. The van der Waals surface area contributed by atoms with Gasteiger partial charge in [0.25, 0.3) is 0 Å². The zero-order valence-corrected chi connectivity index (χ0v) is 11.5. The summed E-state index contributed by atoms with van der Waals surface area (Å²) in [6, 6.07) is 0. The van der Waals surface area contributed by atoms with E-state index in [0.717, 1.165) is 25.2 Å². The summed E-state index contributed by atoms with van der Waals surface area (Å²) < 4.78 is 5.31. The number of aliphatic hydroxyl groups is 1. The second-order valence-corrected chi connectivity index (χ2v) is 6.49. The quantitative estimate of drug-likeness (QED) is 0.803. The molecule has 0 spiro atoms. The van der Waals surface area contributed by atoms with Crippen molar-refractivity contribution >= 4 is 0 Å². The molecule has 0 saturated heterocycles. The fourth-order valence-electron chi connectivity index (χ4n) is 2.81. The number of hydrogen-bond donors (Lipinski definition) is 1. The summed E-state index contributed by atoms with van der Waals surface area (Å²) >= 11 is 0. The van der Waals surface area contributed by atoms with E-state index in [9.17, 15) is 5.11 Å². The highest BCUT2D eigenvalue weighted by Gasteiger charge is 2.35. The van der Waals surface area contributed by atoms with Gasteiger partial charge in [-0.2, -0.15) is 0 Å². The Morgan fingerprint density at radius 1 is 1.31 bits per heavy atom. The van der Waals surface area contributed by atoms with Crippen LogP contribution in [0.25, 0.3) is 0 Å². The maximum Gasteiger partial charge on any atom is 0.0569 e. The molecular weight excluding hydrogens is 200 g/mol. The molecule has 0 radical (unpaired) electrons. The van der Waals surface area contributed by atoms with Crippen LogP contribution < -0.4 is 0 Å². The van der Waals surface area contributed by atoms with Crippen LogP contribution in [-0.2, 0) is 4.74 Å². The molecule has 1 rings (SSSR count). The van der Waals surface area contributed by atoms with E-state index in [1.54, 1.807) is 7.11 Å². The van der Waals surface area contributed by atoms with Gasteiger partial charge in [0.2, 0.25) is 0 Å². The molecule has 4 unspecified atom stereocenters. The van der Waals surface area contributed by atoms with Gasteiger partial charge < -0.3 is 9.84 Å². The summed E-state index contributed by atoms with van der Waals surface area (Å²) in [6.45, 7) is 9.03. The molecule has 0 amide bonds. The normalized spacial score (nSPS) is 33.8. The smallest absolute Gasteiger partial charge is 0.0569 e. The molecule has 0 aromatic rings. The number of hydrogen-bond acceptors (Lipinski definition) is 2. The third-order valence-electron chi connectivity index (χ3n) is 4.20. The third kappa shape index (κ3) is 3.74. The van der Waals surface area contributed by atoms with E-state index < -0.39 is 0 Å². The minimum atomic E-state index is -0.115. The van der Waals surface area contributed by atoms with E-state index >= 15 is 0 Å². The van der Waals surface area contributed by atoms with E-state index in [4.69, 9.17) is 4.74 Å². The third-order valence-corrected chi connectivity index (χ3v) is 4.20. The molecule has 0 aromatic carbocycles. The average molecular weight is 228 g/mol. The molecule has 0 heterocycles. The van der Waals surface area contributed by atoms with Crippen LogP contribution in [0.1, 0.15) is 53.4 Å². The molecule has 2 nitrogen and oxygen atoms in total. The van der Waals surface area contributed by atoms with Crippen molar-refractivity contribution in [3.8, 4) is 0 Å². The Hall–Kier alpha value is -0.0800. The van der Waals surface area contributed by atoms with Gasteiger partial charge in [-0.3, -0.25) is 0 Å². The van der Waals surface area contributed by atoms with E-state index in [-0.39, 0.29) is 12.2 Å². The molecule has 1 saturated carbocycles. The number of rotatable bonds is 3. The Kier molecular flexibility index (Phi) is 4.81. The van der Waals surface area contributed by atoms with Gasteiger partial charge in [-0.1, -0.05) is 20.8 Å². The van der Waals surface area contributed by atoms with Crippen LogP contribution in [0.15, 0.2) is 0 Å². The Morgan fingerprint density at radius 3 is 2.44 bits per heavy atom. The van der Waals surface area contributed by atoms with Gasteiger partial charge >= 0.3 is 0 Å². The SMILES string of the molecule is COC(C)CC1CC(C(C)(C)C)CCC1O. The van der Waals surface area contributed by atoms with Crippen LogP contribution in [0, 0.1) is 17.3 Å². The lowest BCUT2D eigenvalue weighted by molar-refractivity contribution is -0.00974. The van der Waals surface area contributed by atoms with E-state index in [2.05, 4.69) is 27.7 Å². The molecule has 1 aliphatic carbocycles. The van der Waals surface area contributed by atoms with Crippen molar-refractivity contribution in [2.45, 2.75) is 65.6 Å². The van der Waals surface area contributed by atoms with Gasteiger partial charge in [0.05, 0.1) is 12.2 Å². The summed E-state index contributed by atoms with van der Waals surface area (Å²) in [6.07, 6.45) is 4.42. The molecule has 1 N–H and O–H groups in total. The number of ether oxygens (including phenoxy) is 1. The van der Waals surface area contributed by atoms with Crippen LogP contribution >= 0.6 is 0 Å². The van der Waals surface area contributed by atoms with E-state index in [1.807, 2.05) is 0 Å². The lowest BCUT2D eigenvalue weighted by Gasteiger charge is -2.40. The van der Waals surface area contributed by atoms with Crippen LogP contribution in [0.4, 0.5) is 0 Å². The van der Waals surface area contributed by atoms with Gasteiger partial charge in [0.1, 0.15) is 0 Å². The predicted molar refractivity (Wildman–Crippen MR) is 67.4 cm³/mol. The first-order valence-electron chi connectivity index (χ1n) is 6.55. The fraction of sp³-hybridized carbons (Fsp3) is 1.00. The molecule has 1 aliphatic rings. The Bertz CT molecular complexity index is 207. The van der Waals surface area contributed by atoms with Crippen molar-refractivity contribution in [2.75, 3.05) is 7.11 Å². The van der Waals surface area contributed by atoms with E-state index in [0.29, 0.717) is 11.3 Å². The van der Waals surface area contributed by atoms with E-state index in [1.165, 1.54) is 6.42 Å². The molecule has 0 aliphatic heterocycles. The minimum absolute atomic E-state index is 0.115. The lowest BCUT2D eigenvalue weighted by Crippen LogP contribution is -2.36. The van der Waals surface area contributed by atoms with Gasteiger partial charge in [0, 0.05) is 7.11 Å². The monoisotopic (exact) mass is 228 g/mol. The van der Waals surface area contributed by atoms with Gasteiger partial charge in [0.15, 0.2) is 0 Å². The first-order chi connectivity index (χ1) is 7.34. The second kappa shape index (κ2) is 5.50. The number of methoxy groups -OCH3 is 1. The molecular formula is C14H28O2. The standard InChI is InChI=1S/C14H28O2/c1-10(16-5)8-11-9-12(14(2,3)4)6-7-13(11)15/h10-13,15H,6-9H2,1-5H3. The Labute approximate surface area is 100 Å². The predicted octanol–water partition coefficient (Wildman–Crippen LogP) is 3.23. The average Bonchev–Trinajstić information content (AvgIpc) is 2.19. The van der Waals surface area contributed by atoms with Crippen LogP contribution in [0.5, 0.6) is 0 Å². The zero-order chi connectivity index (χ0) is 12.3. The highest BCUT2D eigenvalue weighted by atomic mass is 16.5. The van der Waals surface area contributed by atoms with Crippen molar-refractivity contribution in [3.63, 3.8) is 0 Å². The fourth-order valence-corrected chi connectivity index (χ4v) is 2.81. The van der Waals surface area contributed by atoms with Crippen molar-refractivity contribution in [1.29, 1.82) is 0 Å². The molecule has 0 aromatic heterocycles. The van der Waals surface area contributed by atoms with Gasteiger partial charge in [-0.05, 0) is 49.9 Å². The first kappa shape index (κ1) is 14.0. The summed E-state index contributed by atoms with van der Waals surface area (Å²) in [5.74, 6) is 1.16. The molecule has 2 heteroatoms. The second-order valence-electron chi connectivity index (χ2n) is 6.49. The molecule has 1 fully saturated rings. The van der Waals surface area contributed by atoms with Crippen molar-refractivity contribution in [1.82, 2.24) is 0 Å². The molecule has 16 heavy (non-hydrogen) atoms. The highest BCUT2D eigenvalue weighted by molar-refractivity contribution is 4.86. The van der Waals surface area contributed by atoms with Crippen LogP contribution in [0.3, 0.4) is 0 Å². The Morgan fingerprint density at radius 2 is 1.94 bits per heavy atom. The summed E-state index contributed by atoms with van der Waals surface area (Å²) in [5, 5.41) is 10.0. The minimum Gasteiger partial charge on any atom is -0.393 e. The van der Waals surface area contributed by atoms with Crippen molar-refractivity contribution in [3.05, 3.63) is 0 Å². The highest BCUT2D eigenvalue weighted by Crippen LogP contribution is 2.41. The maximum absolute atomic E-state index is 10.0. The summed E-state index contributed by atoms with van der Waals surface area (Å²) in [7, 11) is 1.75. The van der Waals surface area contributed by atoms with Crippen molar-refractivity contribution < 1.29 is 9.84 Å². The zero-order valence-electron chi connectivity index (χ0n) is 11.5. The molecule has 0 bridgehead atoms. The van der Waals surface area contributed by atoms with Gasteiger partial charge in [-0.15, -0.1) is 0 Å². The van der Waals surface area contributed by atoms with Crippen LogP contribution in [-0.4, -0.2) is 24.4 Å². The molecule has 96 valence electrons. The summed E-state index contributed by atoms with van der Waals surface area (Å²) in [4.78, 5) is 0. The van der Waals surface area contributed by atoms with Crippen LogP contribution in [0.2, 0.25) is 0 Å². The molecule has 4 atom stereocenters. The van der Waals surface area contributed by atoms with Gasteiger partial charge in [-0.25, -0.2) is 0 Å². The summed E-state index contributed by atoms with van der Waals surface area (Å²) in [5.41, 5.74) is 0.370. The largest absolute Gasteiger partial charge is 0.393 e. The van der Waals surface area contributed by atoms with Crippen molar-refractivity contribution in [2.24, 2.45) is 17.3 Å².